The first kappa shape index (κ1) is 24.4. The zero-order valence-electron chi connectivity index (χ0n) is 19.4. The number of hydrogen-bond acceptors (Lipinski definition) is 6. The van der Waals surface area contributed by atoms with Crippen LogP contribution < -0.4 is 10.6 Å². The molecule has 4 rings (SSSR count). The summed E-state index contributed by atoms with van der Waals surface area (Å²) in [7, 11) is -3.83. The molecule has 2 heterocycles. The van der Waals surface area contributed by atoms with Gasteiger partial charge in [-0.15, -0.1) is 8.80 Å². The standard InChI is InChI=1S/C23H29N5O4S2/c1-23(2,3)20(16-10-5-4-6-11-16)25-22-21(26-33(30)27-22)24-17-12-9-13-18(19(17)29)34(31,32)28-14-7-8-15-28/h4-6,9-13,20,29H,7-8,14-15H2,1-3H3,(H,24,26)(H,25,27)/t20-,33?/m0/s1. The summed E-state index contributed by atoms with van der Waals surface area (Å²) in [6.07, 6.45) is 1.59. The van der Waals surface area contributed by atoms with Gasteiger partial charge >= 0.3 is 0 Å². The average molecular weight is 504 g/mol. The molecule has 0 bridgehead atoms. The highest BCUT2D eigenvalue weighted by Gasteiger charge is 2.33. The maximum absolute atomic E-state index is 13.0. The van der Waals surface area contributed by atoms with Crippen LogP contribution in [0.3, 0.4) is 0 Å². The highest BCUT2D eigenvalue weighted by atomic mass is 32.2. The SMILES string of the molecule is CC(C)(C)[C@@H](NC1=NS(=O)N=C1Nc1cccc(S(=O)(=O)N2CCCC2)c1O)c1ccccc1. The first-order valence-electron chi connectivity index (χ1n) is 11.1. The molecule has 9 nitrogen and oxygen atoms in total. The molecular formula is C23H29N5O4S2. The number of rotatable bonds is 5. The van der Waals surface area contributed by atoms with Gasteiger partial charge in [-0.1, -0.05) is 57.2 Å². The Morgan fingerprint density at radius 1 is 1.00 bits per heavy atom. The fraction of sp³-hybridized carbons (Fsp3) is 0.391. The average Bonchev–Trinajstić information content (AvgIpc) is 3.43. The quantitative estimate of drug-likeness (QED) is 0.538. The molecule has 0 spiro atoms. The maximum Gasteiger partial charge on any atom is 0.269 e. The number of phenols is 1. The van der Waals surface area contributed by atoms with Crippen LogP contribution in [0.15, 0.2) is 62.2 Å². The number of benzene rings is 2. The molecule has 2 aromatic carbocycles. The van der Waals surface area contributed by atoms with Crippen LogP contribution in [0.25, 0.3) is 0 Å². The van der Waals surface area contributed by atoms with Gasteiger partial charge in [-0.3, -0.25) is 0 Å². The lowest BCUT2D eigenvalue weighted by molar-refractivity contribution is 0.303. The minimum Gasteiger partial charge on any atom is -0.504 e. The molecule has 2 aromatic rings. The van der Waals surface area contributed by atoms with Crippen molar-refractivity contribution in [3.63, 3.8) is 0 Å². The zero-order valence-corrected chi connectivity index (χ0v) is 21.0. The van der Waals surface area contributed by atoms with Crippen LogP contribution in [0.2, 0.25) is 0 Å². The highest BCUT2D eigenvalue weighted by molar-refractivity contribution is 7.89. The van der Waals surface area contributed by atoms with Crippen molar-refractivity contribution in [1.29, 1.82) is 0 Å². The second-order valence-corrected chi connectivity index (χ2v) is 12.1. The van der Waals surface area contributed by atoms with Crippen molar-refractivity contribution in [1.82, 2.24) is 9.62 Å². The van der Waals surface area contributed by atoms with Gasteiger partial charge < -0.3 is 15.7 Å². The van der Waals surface area contributed by atoms with Gasteiger partial charge in [0.15, 0.2) is 17.4 Å². The van der Waals surface area contributed by atoms with Crippen LogP contribution in [-0.4, -0.2) is 46.8 Å². The number of para-hydroxylation sites is 1. The van der Waals surface area contributed by atoms with E-state index in [0.717, 1.165) is 18.4 Å². The Labute approximate surface area is 202 Å². The second kappa shape index (κ2) is 9.47. The van der Waals surface area contributed by atoms with Crippen molar-refractivity contribution in [2.24, 2.45) is 14.2 Å². The van der Waals surface area contributed by atoms with Gasteiger partial charge in [0.1, 0.15) is 4.90 Å². The molecular weight excluding hydrogens is 474 g/mol. The van der Waals surface area contributed by atoms with Crippen LogP contribution in [0.4, 0.5) is 5.69 Å². The van der Waals surface area contributed by atoms with Gasteiger partial charge in [0.2, 0.25) is 10.0 Å². The van der Waals surface area contributed by atoms with E-state index in [-0.39, 0.29) is 33.7 Å². The number of nitrogens with zero attached hydrogens (tertiary/aromatic N) is 3. The van der Waals surface area contributed by atoms with E-state index >= 15 is 0 Å². The molecule has 11 heteroatoms. The first-order chi connectivity index (χ1) is 16.1. The van der Waals surface area contributed by atoms with Crippen LogP contribution in [0, 0.1) is 5.41 Å². The maximum atomic E-state index is 13.0. The molecule has 34 heavy (non-hydrogen) atoms. The van der Waals surface area contributed by atoms with Crippen molar-refractivity contribution in [2.75, 3.05) is 18.4 Å². The van der Waals surface area contributed by atoms with Gasteiger partial charge in [-0.2, -0.15) is 4.31 Å². The Bertz CT molecular complexity index is 1250. The van der Waals surface area contributed by atoms with Crippen LogP contribution in [0.5, 0.6) is 5.75 Å². The molecule has 1 unspecified atom stereocenters. The van der Waals surface area contributed by atoms with E-state index in [1.807, 2.05) is 30.3 Å². The lowest BCUT2D eigenvalue weighted by Gasteiger charge is -2.32. The molecule has 2 aliphatic rings. The lowest BCUT2D eigenvalue weighted by atomic mass is 9.82. The summed E-state index contributed by atoms with van der Waals surface area (Å²) < 4.78 is 47.7. The predicted octanol–water partition coefficient (Wildman–Crippen LogP) is 3.35. The predicted molar refractivity (Wildman–Crippen MR) is 135 cm³/mol. The third-order valence-corrected chi connectivity index (χ3v) is 8.39. The molecule has 0 aromatic heterocycles. The molecule has 3 N–H and O–H groups in total. The number of amidine groups is 2. The van der Waals surface area contributed by atoms with Gasteiger partial charge in [0, 0.05) is 13.1 Å². The van der Waals surface area contributed by atoms with Crippen molar-refractivity contribution in [2.45, 2.75) is 44.6 Å². The number of nitrogens with one attached hydrogen (secondary N) is 2. The van der Waals surface area contributed by atoms with Gasteiger partial charge in [0.25, 0.3) is 11.2 Å². The summed E-state index contributed by atoms with van der Waals surface area (Å²) in [6, 6.07) is 14.1. The van der Waals surface area contributed by atoms with Crippen molar-refractivity contribution < 1.29 is 17.7 Å². The van der Waals surface area contributed by atoms with Crippen molar-refractivity contribution in [3.05, 3.63) is 54.1 Å². The summed E-state index contributed by atoms with van der Waals surface area (Å²) in [5.41, 5.74) is 0.945. The minimum absolute atomic E-state index is 0.138. The van der Waals surface area contributed by atoms with E-state index in [1.54, 1.807) is 6.07 Å². The Hall–Kier alpha value is -2.76. The van der Waals surface area contributed by atoms with E-state index in [9.17, 15) is 17.7 Å². The number of hydrogen-bond donors (Lipinski definition) is 3. The fourth-order valence-electron chi connectivity index (χ4n) is 4.05. The normalized spacial score (nSPS) is 20.0. The number of phenolic OH excluding ortho intramolecular Hbond substituents is 1. The first-order valence-corrected chi connectivity index (χ1v) is 13.6. The number of anilines is 1. The van der Waals surface area contributed by atoms with E-state index in [2.05, 4.69) is 40.2 Å². The van der Waals surface area contributed by atoms with Crippen LogP contribution in [-0.2, 0) is 21.2 Å². The number of aromatic hydroxyl groups is 1. The minimum atomic E-state index is -3.83. The van der Waals surface area contributed by atoms with E-state index in [4.69, 9.17) is 0 Å². The molecule has 182 valence electrons. The van der Waals surface area contributed by atoms with Crippen molar-refractivity contribution in [3.8, 4) is 5.75 Å². The van der Waals surface area contributed by atoms with E-state index in [0.29, 0.717) is 13.1 Å². The molecule has 0 amide bonds. The van der Waals surface area contributed by atoms with Crippen molar-refractivity contribution >= 4 is 38.6 Å². The van der Waals surface area contributed by atoms with Gasteiger partial charge in [0.05, 0.1) is 11.7 Å². The Morgan fingerprint density at radius 3 is 2.29 bits per heavy atom. The van der Waals surface area contributed by atoms with E-state index in [1.165, 1.54) is 16.4 Å². The molecule has 1 saturated heterocycles. The lowest BCUT2D eigenvalue weighted by Crippen LogP contribution is -2.41. The van der Waals surface area contributed by atoms with Crippen LogP contribution >= 0.6 is 0 Å². The molecule has 1 fully saturated rings. The summed E-state index contributed by atoms with van der Waals surface area (Å²) >= 11 is -1.84. The molecule has 2 aliphatic heterocycles. The Balaban J connectivity index is 1.61. The third-order valence-electron chi connectivity index (χ3n) is 5.78. The van der Waals surface area contributed by atoms with E-state index < -0.39 is 26.9 Å². The summed E-state index contributed by atoms with van der Waals surface area (Å²) in [4.78, 5) is -0.178. The topological polar surface area (TPSA) is 123 Å². The smallest absolute Gasteiger partial charge is 0.269 e. The monoisotopic (exact) mass is 503 g/mol. The zero-order chi connectivity index (χ0) is 24.5. The summed E-state index contributed by atoms with van der Waals surface area (Å²) in [5.74, 6) is 0.0217. The molecule has 0 radical (unpaired) electrons. The van der Waals surface area contributed by atoms with Gasteiger partial charge in [-0.05, 0) is 36.0 Å². The fourth-order valence-corrected chi connectivity index (χ4v) is 6.29. The molecule has 2 atom stereocenters. The third kappa shape index (κ3) is 5.01. The summed E-state index contributed by atoms with van der Waals surface area (Å²) in [6.45, 7) is 7.09. The highest BCUT2D eigenvalue weighted by Crippen LogP contribution is 2.35. The number of sulfonamides is 1. The largest absolute Gasteiger partial charge is 0.504 e. The summed E-state index contributed by atoms with van der Waals surface area (Å²) in [5, 5.41) is 17.1. The van der Waals surface area contributed by atoms with Gasteiger partial charge in [-0.25, -0.2) is 12.6 Å². The Kier molecular flexibility index (Phi) is 6.79. The second-order valence-electron chi connectivity index (χ2n) is 9.35. The Morgan fingerprint density at radius 2 is 1.65 bits per heavy atom. The molecule has 0 aliphatic carbocycles. The molecule has 0 saturated carbocycles. The van der Waals surface area contributed by atoms with Crippen LogP contribution in [0.1, 0.15) is 45.2 Å².